The summed E-state index contributed by atoms with van der Waals surface area (Å²) in [6.07, 6.45) is 0. The van der Waals surface area contributed by atoms with E-state index in [-0.39, 0.29) is 30.5 Å². The van der Waals surface area contributed by atoms with Crippen LogP contribution in [0.4, 0.5) is 0 Å². The maximum absolute atomic E-state index is 11.8. The van der Waals surface area contributed by atoms with Crippen LogP contribution >= 0.6 is 11.6 Å². The van der Waals surface area contributed by atoms with Gasteiger partial charge in [-0.1, -0.05) is 17.7 Å². The van der Waals surface area contributed by atoms with E-state index in [2.05, 4.69) is 0 Å². The number of carbonyl (C=O) groups excluding carboxylic acids is 2. The first-order valence-corrected chi connectivity index (χ1v) is 4.89. The van der Waals surface area contributed by atoms with Crippen LogP contribution in [-0.4, -0.2) is 29.8 Å². The van der Waals surface area contributed by atoms with Crippen molar-refractivity contribution in [2.24, 2.45) is 5.73 Å². The molecule has 0 unspecified atom stereocenters. The first-order chi connectivity index (χ1) is 7.16. The second-order valence-electron chi connectivity index (χ2n) is 3.21. The number of hydrogen-bond acceptors (Lipinski definition) is 3. The number of rotatable bonds is 2. The molecule has 5 heteroatoms. The van der Waals surface area contributed by atoms with Crippen LogP contribution in [0.3, 0.4) is 0 Å². The van der Waals surface area contributed by atoms with Gasteiger partial charge in [0.15, 0.2) is 0 Å². The number of amides is 2. The highest BCUT2D eigenvalue weighted by Gasteiger charge is 2.36. The highest BCUT2D eigenvalue weighted by atomic mass is 35.5. The van der Waals surface area contributed by atoms with Gasteiger partial charge in [-0.25, -0.2) is 0 Å². The van der Waals surface area contributed by atoms with E-state index >= 15 is 0 Å². The monoisotopic (exact) mass is 224 g/mol. The SMILES string of the molecule is NCCN1C(=O)c2cccc(Cl)c2C1=O. The summed E-state index contributed by atoms with van der Waals surface area (Å²) < 4.78 is 0. The van der Waals surface area contributed by atoms with Gasteiger partial charge in [0, 0.05) is 13.1 Å². The molecule has 0 aromatic heterocycles. The molecule has 2 rings (SSSR count). The number of carbonyl (C=O) groups is 2. The summed E-state index contributed by atoms with van der Waals surface area (Å²) in [5, 5.41) is 0.311. The lowest BCUT2D eigenvalue weighted by atomic mass is 10.1. The zero-order valence-electron chi connectivity index (χ0n) is 7.87. The van der Waals surface area contributed by atoms with Crippen LogP contribution in [0.15, 0.2) is 18.2 Å². The maximum atomic E-state index is 11.8. The average Bonchev–Trinajstić information content (AvgIpc) is 2.45. The predicted molar refractivity (Wildman–Crippen MR) is 55.9 cm³/mol. The Kier molecular flexibility index (Phi) is 2.46. The molecule has 0 bridgehead atoms. The summed E-state index contributed by atoms with van der Waals surface area (Å²) in [5.74, 6) is -0.672. The molecule has 1 heterocycles. The topological polar surface area (TPSA) is 63.4 Å². The summed E-state index contributed by atoms with van der Waals surface area (Å²) in [6.45, 7) is 0.478. The van der Waals surface area contributed by atoms with Crippen LogP contribution in [0.1, 0.15) is 20.7 Å². The maximum Gasteiger partial charge on any atom is 0.263 e. The summed E-state index contributed by atoms with van der Waals surface area (Å²) in [4.78, 5) is 24.6. The Balaban J connectivity index is 2.51. The molecule has 0 spiro atoms. The first-order valence-electron chi connectivity index (χ1n) is 4.51. The molecule has 1 aromatic carbocycles. The molecule has 0 radical (unpaired) electrons. The molecule has 0 saturated carbocycles. The van der Waals surface area contributed by atoms with Gasteiger partial charge >= 0.3 is 0 Å². The Hall–Kier alpha value is -1.39. The molecular formula is C10H9ClN2O2. The van der Waals surface area contributed by atoms with Crippen molar-refractivity contribution < 1.29 is 9.59 Å². The van der Waals surface area contributed by atoms with Gasteiger partial charge in [-0.3, -0.25) is 14.5 Å². The van der Waals surface area contributed by atoms with E-state index in [1.165, 1.54) is 0 Å². The second-order valence-corrected chi connectivity index (χ2v) is 3.62. The van der Waals surface area contributed by atoms with Crippen molar-refractivity contribution in [3.8, 4) is 0 Å². The van der Waals surface area contributed by atoms with E-state index in [0.29, 0.717) is 10.6 Å². The third-order valence-electron chi connectivity index (χ3n) is 2.30. The van der Waals surface area contributed by atoms with Crippen LogP contribution in [-0.2, 0) is 0 Å². The first kappa shape index (κ1) is 10.1. The number of benzene rings is 1. The molecule has 0 aliphatic carbocycles. The van der Waals surface area contributed by atoms with Gasteiger partial charge in [-0.05, 0) is 12.1 Å². The minimum atomic E-state index is -0.356. The molecule has 0 saturated heterocycles. The normalized spacial score (nSPS) is 14.7. The molecule has 2 N–H and O–H groups in total. The summed E-state index contributed by atoms with van der Waals surface area (Å²) in [5.41, 5.74) is 5.98. The van der Waals surface area contributed by atoms with E-state index < -0.39 is 0 Å². The van der Waals surface area contributed by atoms with Crippen LogP contribution in [0.25, 0.3) is 0 Å². The van der Waals surface area contributed by atoms with Crippen molar-refractivity contribution in [2.75, 3.05) is 13.1 Å². The Bertz CT molecular complexity index is 445. The van der Waals surface area contributed by atoms with Gasteiger partial charge in [0.05, 0.1) is 16.1 Å². The lowest BCUT2D eigenvalue weighted by molar-refractivity contribution is 0.0659. The fourth-order valence-corrected chi connectivity index (χ4v) is 1.88. The van der Waals surface area contributed by atoms with Gasteiger partial charge in [0.1, 0.15) is 0 Å². The molecule has 1 aromatic rings. The van der Waals surface area contributed by atoms with Gasteiger partial charge in [0.2, 0.25) is 0 Å². The van der Waals surface area contributed by atoms with Crippen LogP contribution in [0.5, 0.6) is 0 Å². The van der Waals surface area contributed by atoms with Crippen molar-refractivity contribution in [1.82, 2.24) is 4.90 Å². The van der Waals surface area contributed by atoms with Gasteiger partial charge in [-0.15, -0.1) is 0 Å². The molecule has 1 aliphatic rings. The molecular weight excluding hydrogens is 216 g/mol. The number of halogens is 1. The van der Waals surface area contributed by atoms with E-state index in [4.69, 9.17) is 17.3 Å². The summed E-state index contributed by atoms with van der Waals surface area (Å²) in [7, 11) is 0. The van der Waals surface area contributed by atoms with Crippen molar-refractivity contribution >= 4 is 23.4 Å². The van der Waals surface area contributed by atoms with E-state index in [0.717, 1.165) is 4.90 Å². The van der Waals surface area contributed by atoms with Crippen molar-refractivity contribution in [3.05, 3.63) is 34.3 Å². The number of nitrogens with two attached hydrogens (primary N) is 1. The Morgan fingerprint density at radius 1 is 1.27 bits per heavy atom. The standard InChI is InChI=1S/C10H9ClN2O2/c11-7-3-1-2-6-8(7)10(15)13(5-4-12)9(6)14/h1-3H,4-5,12H2. The molecule has 4 nitrogen and oxygen atoms in total. The largest absolute Gasteiger partial charge is 0.329 e. The quantitative estimate of drug-likeness (QED) is 0.759. The number of hydrogen-bond donors (Lipinski definition) is 1. The lowest BCUT2D eigenvalue weighted by Crippen LogP contribution is -2.34. The minimum Gasteiger partial charge on any atom is -0.329 e. The fourth-order valence-electron chi connectivity index (χ4n) is 1.62. The molecule has 0 fully saturated rings. The minimum absolute atomic E-state index is 0.225. The number of imide groups is 1. The molecule has 2 amide bonds. The van der Waals surface area contributed by atoms with Crippen molar-refractivity contribution in [2.45, 2.75) is 0 Å². The van der Waals surface area contributed by atoms with Crippen LogP contribution in [0, 0.1) is 0 Å². The molecule has 0 atom stereocenters. The Morgan fingerprint density at radius 3 is 2.60 bits per heavy atom. The van der Waals surface area contributed by atoms with Crippen LogP contribution in [0.2, 0.25) is 5.02 Å². The number of fused-ring (bicyclic) bond motifs is 1. The number of nitrogens with zero attached hydrogens (tertiary/aromatic N) is 1. The Morgan fingerprint density at radius 2 is 2.00 bits per heavy atom. The van der Waals surface area contributed by atoms with Crippen molar-refractivity contribution in [1.29, 1.82) is 0 Å². The summed E-state index contributed by atoms with van der Waals surface area (Å²) >= 11 is 5.86. The third-order valence-corrected chi connectivity index (χ3v) is 2.62. The highest BCUT2D eigenvalue weighted by molar-refractivity contribution is 6.37. The second kappa shape index (κ2) is 3.64. The van der Waals surface area contributed by atoms with E-state index in [1.807, 2.05) is 0 Å². The fraction of sp³-hybridized carbons (Fsp3) is 0.200. The smallest absolute Gasteiger partial charge is 0.263 e. The van der Waals surface area contributed by atoms with Crippen LogP contribution < -0.4 is 5.73 Å². The third kappa shape index (κ3) is 1.42. The average molecular weight is 225 g/mol. The highest BCUT2D eigenvalue weighted by Crippen LogP contribution is 2.28. The van der Waals surface area contributed by atoms with Gasteiger partial charge < -0.3 is 5.73 Å². The molecule has 78 valence electrons. The van der Waals surface area contributed by atoms with Gasteiger partial charge in [0.25, 0.3) is 11.8 Å². The van der Waals surface area contributed by atoms with E-state index in [9.17, 15) is 9.59 Å². The summed E-state index contributed by atoms with van der Waals surface area (Å²) in [6, 6.07) is 4.84. The zero-order chi connectivity index (χ0) is 11.0. The Labute approximate surface area is 91.6 Å². The molecule has 1 aliphatic heterocycles. The zero-order valence-corrected chi connectivity index (χ0v) is 8.62. The van der Waals surface area contributed by atoms with E-state index in [1.54, 1.807) is 18.2 Å². The molecule has 15 heavy (non-hydrogen) atoms. The van der Waals surface area contributed by atoms with Gasteiger partial charge in [-0.2, -0.15) is 0 Å². The lowest BCUT2D eigenvalue weighted by Gasteiger charge is -2.11. The predicted octanol–water partition coefficient (Wildman–Crippen LogP) is 0.895. The van der Waals surface area contributed by atoms with Crippen molar-refractivity contribution in [3.63, 3.8) is 0 Å².